The molecule has 0 amide bonds. The molecule has 0 heterocycles. The molecule has 0 saturated heterocycles. The van der Waals surface area contributed by atoms with Crippen molar-refractivity contribution in [3.63, 3.8) is 0 Å². The first-order valence-electron chi connectivity index (χ1n) is 6.60. The second kappa shape index (κ2) is 7.71. The van der Waals surface area contributed by atoms with Crippen molar-refractivity contribution < 1.29 is 0 Å². The van der Waals surface area contributed by atoms with Crippen molar-refractivity contribution >= 4 is 15.9 Å². The Morgan fingerprint density at radius 1 is 1.24 bits per heavy atom. The average Bonchev–Trinajstić information content (AvgIpc) is 2.32. The van der Waals surface area contributed by atoms with E-state index < -0.39 is 0 Å². The van der Waals surface area contributed by atoms with Gasteiger partial charge >= 0.3 is 0 Å². The summed E-state index contributed by atoms with van der Waals surface area (Å²) in [6.45, 7) is 6.67. The Bertz CT molecular complexity index is 366. The van der Waals surface area contributed by atoms with Gasteiger partial charge in [-0.3, -0.25) is 0 Å². The first kappa shape index (κ1) is 14.5. The maximum absolute atomic E-state index is 3.63. The van der Waals surface area contributed by atoms with Gasteiger partial charge in [0.2, 0.25) is 0 Å². The Labute approximate surface area is 114 Å². The van der Waals surface area contributed by atoms with Crippen LogP contribution in [-0.2, 0) is 0 Å². The Kier molecular flexibility index (Phi) is 6.57. The molecule has 17 heavy (non-hydrogen) atoms. The molecule has 0 N–H and O–H groups in total. The summed E-state index contributed by atoms with van der Waals surface area (Å²) in [5.74, 6) is 0.667. The zero-order chi connectivity index (χ0) is 12.7. The van der Waals surface area contributed by atoms with Crippen molar-refractivity contribution in [2.75, 3.05) is 0 Å². The molecule has 0 aliphatic carbocycles. The SMILES string of the molecule is CC/C=C\CC(CCC)c1cccc(Br)c1C. The molecule has 1 aromatic carbocycles. The van der Waals surface area contributed by atoms with Gasteiger partial charge in [0.25, 0.3) is 0 Å². The molecule has 94 valence electrons. The third-order valence-corrected chi connectivity index (χ3v) is 4.07. The fourth-order valence-corrected chi connectivity index (χ4v) is 2.62. The Hall–Kier alpha value is -0.560. The predicted octanol–water partition coefficient (Wildman–Crippen LogP) is 6.00. The molecule has 1 rings (SSSR count). The quantitative estimate of drug-likeness (QED) is 0.565. The van der Waals surface area contributed by atoms with E-state index in [2.05, 4.69) is 67.1 Å². The zero-order valence-corrected chi connectivity index (χ0v) is 12.8. The molecule has 0 aliphatic rings. The lowest BCUT2D eigenvalue weighted by atomic mass is 9.88. The van der Waals surface area contributed by atoms with Crippen molar-refractivity contribution in [2.45, 2.75) is 52.4 Å². The van der Waals surface area contributed by atoms with E-state index in [4.69, 9.17) is 0 Å². The zero-order valence-electron chi connectivity index (χ0n) is 11.2. The first-order chi connectivity index (χ1) is 8.20. The van der Waals surface area contributed by atoms with Gasteiger partial charge in [-0.1, -0.05) is 60.5 Å². The van der Waals surface area contributed by atoms with Gasteiger partial charge in [-0.15, -0.1) is 0 Å². The number of hydrogen-bond donors (Lipinski definition) is 0. The van der Waals surface area contributed by atoms with E-state index in [9.17, 15) is 0 Å². The van der Waals surface area contributed by atoms with E-state index in [-0.39, 0.29) is 0 Å². The van der Waals surface area contributed by atoms with Crippen molar-refractivity contribution in [3.8, 4) is 0 Å². The minimum atomic E-state index is 0.667. The fraction of sp³-hybridized carbons (Fsp3) is 0.500. The summed E-state index contributed by atoms with van der Waals surface area (Å²) in [5, 5.41) is 0. The van der Waals surface area contributed by atoms with E-state index in [0.717, 1.165) is 6.42 Å². The molecule has 1 heteroatoms. The summed E-state index contributed by atoms with van der Waals surface area (Å²) >= 11 is 3.63. The van der Waals surface area contributed by atoms with Crippen LogP contribution < -0.4 is 0 Å². The van der Waals surface area contributed by atoms with E-state index in [1.165, 1.54) is 34.9 Å². The van der Waals surface area contributed by atoms with Crippen molar-refractivity contribution in [1.29, 1.82) is 0 Å². The maximum atomic E-state index is 3.63. The van der Waals surface area contributed by atoms with Crippen LogP contribution in [0.3, 0.4) is 0 Å². The molecule has 0 nitrogen and oxygen atoms in total. The number of benzene rings is 1. The van der Waals surface area contributed by atoms with Crippen LogP contribution in [0, 0.1) is 6.92 Å². The van der Waals surface area contributed by atoms with Crippen LogP contribution in [0.4, 0.5) is 0 Å². The molecule has 0 spiro atoms. The monoisotopic (exact) mass is 294 g/mol. The third kappa shape index (κ3) is 4.31. The number of rotatable bonds is 6. The van der Waals surface area contributed by atoms with Gasteiger partial charge in [0, 0.05) is 4.47 Å². The van der Waals surface area contributed by atoms with Gasteiger partial charge in [0.15, 0.2) is 0 Å². The van der Waals surface area contributed by atoms with Gasteiger partial charge < -0.3 is 0 Å². The second-order valence-electron chi connectivity index (χ2n) is 4.56. The smallest absolute Gasteiger partial charge is 0.0207 e. The van der Waals surface area contributed by atoms with Gasteiger partial charge in [-0.25, -0.2) is 0 Å². The minimum Gasteiger partial charge on any atom is -0.0888 e. The standard InChI is InChI=1S/C16H23Br/c1-4-6-7-10-14(9-5-2)15-11-8-12-16(17)13(15)3/h6-8,11-12,14H,4-5,9-10H2,1-3H3/b7-6-. The van der Waals surface area contributed by atoms with Crippen LogP contribution in [0.15, 0.2) is 34.8 Å². The van der Waals surface area contributed by atoms with Gasteiger partial charge in [0.05, 0.1) is 0 Å². The van der Waals surface area contributed by atoms with Crippen LogP contribution in [-0.4, -0.2) is 0 Å². The largest absolute Gasteiger partial charge is 0.0888 e. The Morgan fingerprint density at radius 3 is 2.65 bits per heavy atom. The lowest BCUT2D eigenvalue weighted by molar-refractivity contribution is 0.616. The summed E-state index contributed by atoms with van der Waals surface area (Å²) in [5.41, 5.74) is 2.90. The summed E-state index contributed by atoms with van der Waals surface area (Å²) in [6.07, 6.45) is 9.42. The maximum Gasteiger partial charge on any atom is 0.0207 e. The molecule has 1 unspecified atom stereocenters. The molecule has 0 bridgehead atoms. The Morgan fingerprint density at radius 2 is 2.00 bits per heavy atom. The molecule has 0 aromatic heterocycles. The fourth-order valence-electron chi connectivity index (χ4n) is 2.24. The minimum absolute atomic E-state index is 0.667. The summed E-state index contributed by atoms with van der Waals surface area (Å²) < 4.78 is 1.23. The molecule has 1 atom stereocenters. The van der Waals surface area contributed by atoms with Crippen LogP contribution in [0.1, 0.15) is 56.6 Å². The highest BCUT2D eigenvalue weighted by molar-refractivity contribution is 9.10. The van der Waals surface area contributed by atoms with Crippen LogP contribution in [0.2, 0.25) is 0 Å². The van der Waals surface area contributed by atoms with E-state index in [1.807, 2.05) is 0 Å². The highest BCUT2D eigenvalue weighted by Gasteiger charge is 2.12. The topological polar surface area (TPSA) is 0 Å². The van der Waals surface area contributed by atoms with Gasteiger partial charge in [0.1, 0.15) is 0 Å². The predicted molar refractivity (Wildman–Crippen MR) is 80.6 cm³/mol. The molecule has 1 aromatic rings. The first-order valence-corrected chi connectivity index (χ1v) is 7.40. The van der Waals surface area contributed by atoms with Gasteiger partial charge in [-0.05, 0) is 49.3 Å². The van der Waals surface area contributed by atoms with Crippen LogP contribution in [0.25, 0.3) is 0 Å². The lowest BCUT2D eigenvalue weighted by Crippen LogP contribution is -2.00. The molecular formula is C16H23Br. The van der Waals surface area contributed by atoms with E-state index in [1.54, 1.807) is 0 Å². The summed E-state index contributed by atoms with van der Waals surface area (Å²) in [6, 6.07) is 6.56. The molecular weight excluding hydrogens is 272 g/mol. The van der Waals surface area contributed by atoms with Crippen molar-refractivity contribution in [1.82, 2.24) is 0 Å². The Balaban J connectivity index is 2.88. The molecule has 0 aliphatic heterocycles. The van der Waals surface area contributed by atoms with E-state index in [0.29, 0.717) is 5.92 Å². The second-order valence-corrected chi connectivity index (χ2v) is 5.41. The van der Waals surface area contributed by atoms with E-state index >= 15 is 0 Å². The van der Waals surface area contributed by atoms with Crippen molar-refractivity contribution in [3.05, 3.63) is 46.0 Å². The van der Waals surface area contributed by atoms with Gasteiger partial charge in [-0.2, -0.15) is 0 Å². The normalized spacial score (nSPS) is 13.2. The van der Waals surface area contributed by atoms with Crippen molar-refractivity contribution in [2.24, 2.45) is 0 Å². The molecule has 0 radical (unpaired) electrons. The molecule has 0 saturated carbocycles. The number of allylic oxidation sites excluding steroid dienone is 2. The lowest BCUT2D eigenvalue weighted by Gasteiger charge is -2.18. The molecule has 0 fully saturated rings. The average molecular weight is 295 g/mol. The summed E-state index contributed by atoms with van der Waals surface area (Å²) in [7, 11) is 0. The highest BCUT2D eigenvalue weighted by Crippen LogP contribution is 2.31. The number of hydrogen-bond acceptors (Lipinski definition) is 0. The third-order valence-electron chi connectivity index (χ3n) is 3.21. The van der Waals surface area contributed by atoms with Crippen LogP contribution in [0.5, 0.6) is 0 Å². The highest BCUT2D eigenvalue weighted by atomic mass is 79.9. The van der Waals surface area contributed by atoms with Crippen LogP contribution >= 0.6 is 15.9 Å². The summed E-state index contributed by atoms with van der Waals surface area (Å²) in [4.78, 5) is 0. The number of halogens is 1.